The molecule has 108 valence electrons. The van der Waals surface area contributed by atoms with Crippen LogP contribution in [0.5, 0.6) is 0 Å². The summed E-state index contributed by atoms with van der Waals surface area (Å²) in [5.74, 6) is 6.28. The van der Waals surface area contributed by atoms with Crippen LogP contribution in [0.4, 0.5) is 0 Å². The molecule has 0 spiro atoms. The van der Waals surface area contributed by atoms with E-state index < -0.39 is 0 Å². The lowest BCUT2D eigenvalue weighted by Crippen LogP contribution is -2.31. The van der Waals surface area contributed by atoms with E-state index in [0.717, 1.165) is 24.4 Å². The number of nitrogens with two attached hydrogens (primary N) is 1. The molecule has 0 aromatic carbocycles. The molecule has 0 bridgehead atoms. The average Bonchev–Trinajstić information content (AvgIpc) is 2.81. The summed E-state index contributed by atoms with van der Waals surface area (Å²) in [6.07, 6.45) is 4.80. The fourth-order valence-corrected chi connectivity index (χ4v) is 2.47. The zero-order chi connectivity index (χ0) is 14.5. The van der Waals surface area contributed by atoms with Gasteiger partial charge in [-0.25, -0.2) is 15.4 Å². The fourth-order valence-electron chi connectivity index (χ4n) is 2.12. The Hall–Kier alpha value is -1.50. The predicted octanol–water partition coefficient (Wildman–Crippen LogP) is 1.66. The largest absolute Gasteiger partial charge is 0.271 e. The molecule has 2 heterocycles. The second-order valence-electron chi connectivity index (χ2n) is 4.41. The third kappa shape index (κ3) is 2.98. The van der Waals surface area contributed by atoms with Crippen LogP contribution in [-0.4, -0.2) is 19.7 Å². The maximum atomic E-state index is 6.40. The molecule has 20 heavy (non-hydrogen) atoms. The maximum absolute atomic E-state index is 6.40. The van der Waals surface area contributed by atoms with E-state index in [-0.39, 0.29) is 6.04 Å². The van der Waals surface area contributed by atoms with Crippen LogP contribution in [0.15, 0.2) is 18.5 Å². The van der Waals surface area contributed by atoms with Crippen LogP contribution in [0, 0.1) is 0 Å². The molecule has 2 rings (SSSR count). The second kappa shape index (κ2) is 6.78. The van der Waals surface area contributed by atoms with Crippen molar-refractivity contribution in [3.8, 4) is 0 Å². The van der Waals surface area contributed by atoms with Gasteiger partial charge in [0.1, 0.15) is 5.82 Å². The van der Waals surface area contributed by atoms with Crippen LogP contribution in [0.1, 0.15) is 37.1 Å². The molecule has 0 fully saturated rings. The third-order valence-electron chi connectivity index (χ3n) is 3.19. The first-order chi connectivity index (χ1) is 9.71. The molecule has 2 aromatic heterocycles. The van der Waals surface area contributed by atoms with Gasteiger partial charge in [0, 0.05) is 25.4 Å². The van der Waals surface area contributed by atoms with Crippen LogP contribution in [0.3, 0.4) is 0 Å². The number of nitrogens with one attached hydrogen (secondary N) is 1. The molecule has 1 unspecified atom stereocenters. The van der Waals surface area contributed by atoms with Crippen molar-refractivity contribution in [3.05, 3.63) is 40.7 Å². The van der Waals surface area contributed by atoms with Crippen molar-refractivity contribution >= 4 is 11.6 Å². The lowest BCUT2D eigenvalue weighted by Gasteiger charge is -2.15. The topological polar surface area (TPSA) is 81.7 Å². The van der Waals surface area contributed by atoms with E-state index in [2.05, 4.69) is 20.5 Å². The van der Waals surface area contributed by atoms with Gasteiger partial charge in [0.2, 0.25) is 0 Å². The smallest absolute Gasteiger partial charge is 0.146 e. The van der Waals surface area contributed by atoms with Gasteiger partial charge in [-0.05, 0) is 19.4 Å². The zero-order valence-corrected chi connectivity index (χ0v) is 12.4. The van der Waals surface area contributed by atoms with Gasteiger partial charge in [0.05, 0.1) is 22.5 Å². The van der Waals surface area contributed by atoms with Gasteiger partial charge in [-0.3, -0.25) is 10.5 Å². The summed E-state index contributed by atoms with van der Waals surface area (Å²) in [5.41, 5.74) is 4.62. The summed E-state index contributed by atoms with van der Waals surface area (Å²) in [4.78, 5) is 8.46. The van der Waals surface area contributed by atoms with E-state index in [1.54, 1.807) is 18.5 Å². The van der Waals surface area contributed by atoms with Crippen molar-refractivity contribution in [2.45, 2.75) is 39.3 Å². The molecule has 0 aliphatic heterocycles. The normalized spacial score (nSPS) is 12.6. The summed E-state index contributed by atoms with van der Waals surface area (Å²) in [7, 11) is 0. The Kier molecular flexibility index (Phi) is 5.05. The van der Waals surface area contributed by atoms with E-state index >= 15 is 0 Å². The Balaban J connectivity index is 2.30. The van der Waals surface area contributed by atoms with Gasteiger partial charge in [-0.1, -0.05) is 18.5 Å². The van der Waals surface area contributed by atoms with Crippen molar-refractivity contribution in [1.82, 2.24) is 25.2 Å². The van der Waals surface area contributed by atoms with E-state index in [0.29, 0.717) is 17.3 Å². The molecular formula is C13H19ClN6. The highest BCUT2D eigenvalue weighted by Gasteiger charge is 2.20. The molecule has 7 heteroatoms. The van der Waals surface area contributed by atoms with Gasteiger partial charge in [-0.15, -0.1) is 0 Å². The minimum atomic E-state index is -0.194. The van der Waals surface area contributed by atoms with Crippen LogP contribution in [-0.2, 0) is 19.4 Å². The molecule has 3 N–H and O–H groups in total. The summed E-state index contributed by atoms with van der Waals surface area (Å²) in [5, 5.41) is 5.22. The standard InChI is InChI=1S/C13H19ClN6/c1-3-9-12(14)11(20(4-2)19-9)8-10(18-15)13-16-6-5-7-17-13/h5-7,10,18H,3-4,8,15H2,1-2H3. The number of rotatable bonds is 6. The highest BCUT2D eigenvalue weighted by atomic mass is 35.5. The van der Waals surface area contributed by atoms with Crippen LogP contribution < -0.4 is 11.3 Å². The van der Waals surface area contributed by atoms with Crippen molar-refractivity contribution < 1.29 is 0 Å². The van der Waals surface area contributed by atoms with Gasteiger partial charge < -0.3 is 0 Å². The van der Waals surface area contributed by atoms with Crippen LogP contribution >= 0.6 is 11.6 Å². The molecule has 6 nitrogen and oxygen atoms in total. The highest BCUT2D eigenvalue weighted by Crippen LogP contribution is 2.25. The molecule has 0 saturated carbocycles. The van der Waals surface area contributed by atoms with Crippen molar-refractivity contribution in [2.75, 3.05) is 0 Å². The minimum absolute atomic E-state index is 0.194. The number of aromatic nitrogens is 4. The van der Waals surface area contributed by atoms with Crippen LogP contribution in [0.25, 0.3) is 0 Å². The summed E-state index contributed by atoms with van der Waals surface area (Å²) < 4.78 is 1.91. The third-order valence-corrected chi connectivity index (χ3v) is 3.63. The highest BCUT2D eigenvalue weighted by molar-refractivity contribution is 6.31. The number of nitrogens with zero attached hydrogens (tertiary/aromatic N) is 4. The van der Waals surface area contributed by atoms with Gasteiger partial charge in [-0.2, -0.15) is 5.10 Å². The number of aryl methyl sites for hydroxylation is 2. The molecule has 1 atom stereocenters. The van der Waals surface area contributed by atoms with Crippen molar-refractivity contribution in [3.63, 3.8) is 0 Å². The predicted molar refractivity (Wildman–Crippen MR) is 78.1 cm³/mol. The quantitative estimate of drug-likeness (QED) is 0.625. The molecule has 0 radical (unpaired) electrons. The molecule has 0 amide bonds. The van der Waals surface area contributed by atoms with E-state index in [1.807, 2.05) is 18.5 Å². The number of hydrogen-bond donors (Lipinski definition) is 2. The Morgan fingerprint density at radius 3 is 2.60 bits per heavy atom. The van der Waals surface area contributed by atoms with Gasteiger partial charge in [0.25, 0.3) is 0 Å². The summed E-state index contributed by atoms with van der Waals surface area (Å²) in [6, 6.07) is 1.58. The minimum Gasteiger partial charge on any atom is -0.271 e. The molecule has 2 aromatic rings. The molecule has 0 saturated heterocycles. The summed E-state index contributed by atoms with van der Waals surface area (Å²) >= 11 is 6.40. The van der Waals surface area contributed by atoms with Crippen LogP contribution in [0.2, 0.25) is 5.02 Å². The first kappa shape index (κ1) is 14.9. The SMILES string of the molecule is CCc1nn(CC)c(CC(NN)c2ncccn2)c1Cl. The first-order valence-electron chi connectivity index (χ1n) is 6.68. The Morgan fingerprint density at radius 2 is 2.05 bits per heavy atom. The Bertz CT molecular complexity index is 553. The lowest BCUT2D eigenvalue weighted by molar-refractivity contribution is 0.495. The summed E-state index contributed by atoms with van der Waals surface area (Å²) in [6.45, 7) is 4.84. The molecule has 0 aliphatic carbocycles. The fraction of sp³-hybridized carbons (Fsp3) is 0.462. The number of halogens is 1. The maximum Gasteiger partial charge on any atom is 0.146 e. The average molecular weight is 295 g/mol. The van der Waals surface area contributed by atoms with Gasteiger partial charge in [0.15, 0.2) is 0 Å². The number of hydrogen-bond acceptors (Lipinski definition) is 5. The Morgan fingerprint density at radius 1 is 1.35 bits per heavy atom. The van der Waals surface area contributed by atoms with Crippen molar-refractivity contribution in [1.29, 1.82) is 0 Å². The zero-order valence-electron chi connectivity index (χ0n) is 11.7. The second-order valence-corrected chi connectivity index (χ2v) is 4.79. The monoisotopic (exact) mass is 294 g/mol. The van der Waals surface area contributed by atoms with E-state index in [9.17, 15) is 0 Å². The van der Waals surface area contributed by atoms with Gasteiger partial charge >= 0.3 is 0 Å². The lowest BCUT2D eigenvalue weighted by atomic mass is 10.1. The molecule has 0 aliphatic rings. The first-order valence-corrected chi connectivity index (χ1v) is 7.06. The number of hydrazine groups is 1. The molecular weight excluding hydrogens is 276 g/mol. The Labute approximate surface area is 123 Å². The van der Waals surface area contributed by atoms with E-state index in [4.69, 9.17) is 17.4 Å². The van der Waals surface area contributed by atoms with E-state index in [1.165, 1.54) is 0 Å². The van der Waals surface area contributed by atoms with Crippen molar-refractivity contribution in [2.24, 2.45) is 5.84 Å².